The largest absolute Gasteiger partial charge is 0.495 e. The Labute approximate surface area is 164 Å². The molecule has 2 aliphatic rings. The fraction of sp³-hybridized carbons (Fsp3) is 0.450. The van der Waals surface area contributed by atoms with Gasteiger partial charge in [0.05, 0.1) is 38.4 Å². The summed E-state index contributed by atoms with van der Waals surface area (Å²) in [4.78, 5) is 27.6. The van der Waals surface area contributed by atoms with Crippen molar-refractivity contribution in [1.29, 1.82) is 0 Å². The molecule has 0 bridgehead atoms. The highest BCUT2D eigenvalue weighted by Gasteiger charge is 2.23. The zero-order valence-electron chi connectivity index (χ0n) is 16.1. The van der Waals surface area contributed by atoms with E-state index in [1.54, 1.807) is 24.4 Å². The highest BCUT2D eigenvalue weighted by Crippen LogP contribution is 2.28. The molecule has 28 heavy (non-hydrogen) atoms. The Bertz CT molecular complexity index is 800. The zero-order chi connectivity index (χ0) is 19.3. The molecule has 3 heterocycles. The molecule has 0 radical (unpaired) electrons. The number of ether oxygens (including phenoxy) is 2. The number of methoxy groups -OCH3 is 1. The van der Waals surface area contributed by atoms with Crippen LogP contribution in [-0.4, -0.2) is 80.4 Å². The van der Waals surface area contributed by atoms with Crippen molar-refractivity contribution < 1.29 is 14.3 Å². The lowest BCUT2D eigenvalue weighted by Gasteiger charge is -2.37. The van der Waals surface area contributed by atoms with Gasteiger partial charge >= 0.3 is 0 Å². The Morgan fingerprint density at radius 3 is 2.36 bits per heavy atom. The van der Waals surface area contributed by atoms with Gasteiger partial charge in [-0.3, -0.25) is 4.79 Å². The van der Waals surface area contributed by atoms with Gasteiger partial charge in [0.15, 0.2) is 0 Å². The number of hydrogen-bond acceptors (Lipinski definition) is 7. The second kappa shape index (κ2) is 8.43. The van der Waals surface area contributed by atoms with Gasteiger partial charge in [0.2, 0.25) is 0 Å². The fourth-order valence-corrected chi connectivity index (χ4v) is 3.59. The number of carbonyl (C=O) groups excluding carboxylic acids is 1. The molecule has 0 aliphatic carbocycles. The Morgan fingerprint density at radius 2 is 1.68 bits per heavy atom. The van der Waals surface area contributed by atoms with E-state index in [2.05, 4.69) is 25.8 Å². The van der Waals surface area contributed by atoms with Crippen molar-refractivity contribution in [3.63, 3.8) is 0 Å². The van der Waals surface area contributed by atoms with Gasteiger partial charge in [-0.1, -0.05) is 12.1 Å². The van der Waals surface area contributed by atoms with Gasteiger partial charge in [0.1, 0.15) is 17.3 Å². The number of hydrogen-bond donors (Lipinski definition) is 0. The summed E-state index contributed by atoms with van der Waals surface area (Å²) in [6.45, 7) is 5.78. The maximum Gasteiger partial charge on any atom is 0.274 e. The van der Waals surface area contributed by atoms with Crippen LogP contribution in [0.4, 0.5) is 11.5 Å². The lowest BCUT2D eigenvalue weighted by atomic mass is 10.2. The average Bonchev–Trinajstić information content (AvgIpc) is 2.79. The summed E-state index contributed by atoms with van der Waals surface area (Å²) >= 11 is 0. The highest BCUT2D eigenvalue weighted by molar-refractivity contribution is 5.92. The Balaban J connectivity index is 1.37. The Kier molecular flexibility index (Phi) is 5.57. The SMILES string of the molecule is COc1ccccc1N1CCN(c2cnc(C(=O)N3CCOCC3)cn2)CC1. The third-order valence-electron chi connectivity index (χ3n) is 5.19. The summed E-state index contributed by atoms with van der Waals surface area (Å²) in [6.07, 6.45) is 3.28. The predicted molar refractivity (Wildman–Crippen MR) is 106 cm³/mol. The summed E-state index contributed by atoms with van der Waals surface area (Å²) in [6, 6.07) is 8.07. The Hall–Kier alpha value is -2.87. The summed E-state index contributed by atoms with van der Waals surface area (Å²) < 4.78 is 10.8. The number of aromatic nitrogens is 2. The van der Waals surface area contributed by atoms with E-state index < -0.39 is 0 Å². The number of para-hydroxylation sites is 2. The van der Waals surface area contributed by atoms with Crippen LogP contribution in [0.2, 0.25) is 0 Å². The maximum atomic E-state index is 12.5. The molecule has 8 nitrogen and oxygen atoms in total. The highest BCUT2D eigenvalue weighted by atomic mass is 16.5. The molecule has 0 spiro atoms. The van der Waals surface area contributed by atoms with Crippen LogP contribution < -0.4 is 14.5 Å². The zero-order valence-corrected chi connectivity index (χ0v) is 16.1. The quantitative estimate of drug-likeness (QED) is 0.788. The minimum absolute atomic E-state index is 0.0802. The number of rotatable bonds is 4. The van der Waals surface area contributed by atoms with E-state index in [0.717, 1.165) is 43.4 Å². The van der Waals surface area contributed by atoms with Crippen LogP contribution in [0.1, 0.15) is 10.5 Å². The van der Waals surface area contributed by atoms with Gasteiger partial charge in [0.25, 0.3) is 5.91 Å². The topological polar surface area (TPSA) is 71.0 Å². The van der Waals surface area contributed by atoms with Gasteiger partial charge in [-0.25, -0.2) is 9.97 Å². The monoisotopic (exact) mass is 383 g/mol. The molecule has 1 amide bonds. The smallest absolute Gasteiger partial charge is 0.274 e. The van der Waals surface area contributed by atoms with Crippen LogP contribution in [0, 0.1) is 0 Å². The minimum atomic E-state index is -0.0802. The lowest BCUT2D eigenvalue weighted by Crippen LogP contribution is -2.47. The van der Waals surface area contributed by atoms with Crippen molar-refractivity contribution in [1.82, 2.24) is 14.9 Å². The molecule has 0 N–H and O–H groups in total. The van der Waals surface area contributed by atoms with Crippen LogP contribution in [0.5, 0.6) is 5.75 Å². The van der Waals surface area contributed by atoms with Crippen molar-refractivity contribution >= 4 is 17.4 Å². The van der Waals surface area contributed by atoms with Gasteiger partial charge in [-0.2, -0.15) is 0 Å². The van der Waals surface area contributed by atoms with Crippen LogP contribution in [0.25, 0.3) is 0 Å². The van der Waals surface area contributed by atoms with E-state index >= 15 is 0 Å². The first kappa shape index (κ1) is 18.5. The van der Waals surface area contributed by atoms with Gasteiger partial charge < -0.3 is 24.2 Å². The van der Waals surface area contributed by atoms with Gasteiger partial charge in [0, 0.05) is 39.3 Å². The van der Waals surface area contributed by atoms with E-state index in [1.165, 1.54) is 0 Å². The van der Waals surface area contributed by atoms with Crippen molar-refractivity contribution in [2.75, 3.05) is 69.4 Å². The van der Waals surface area contributed by atoms with Crippen molar-refractivity contribution in [3.8, 4) is 5.75 Å². The molecule has 8 heteroatoms. The lowest BCUT2D eigenvalue weighted by molar-refractivity contribution is 0.0298. The van der Waals surface area contributed by atoms with Crippen molar-refractivity contribution in [2.45, 2.75) is 0 Å². The second-order valence-corrected chi connectivity index (χ2v) is 6.81. The van der Waals surface area contributed by atoms with Crippen LogP contribution in [-0.2, 0) is 4.74 Å². The van der Waals surface area contributed by atoms with Crippen LogP contribution >= 0.6 is 0 Å². The van der Waals surface area contributed by atoms with Crippen LogP contribution in [0.15, 0.2) is 36.7 Å². The molecule has 0 unspecified atom stereocenters. The molecule has 2 saturated heterocycles. The van der Waals surface area contributed by atoms with Gasteiger partial charge in [-0.05, 0) is 12.1 Å². The first-order valence-corrected chi connectivity index (χ1v) is 9.58. The molecule has 1 aromatic heterocycles. The van der Waals surface area contributed by atoms with E-state index in [0.29, 0.717) is 32.0 Å². The number of nitrogens with zero attached hydrogens (tertiary/aromatic N) is 5. The third kappa shape index (κ3) is 3.87. The van der Waals surface area contributed by atoms with Crippen molar-refractivity contribution in [2.24, 2.45) is 0 Å². The molecule has 1 aromatic carbocycles. The first-order chi connectivity index (χ1) is 13.8. The minimum Gasteiger partial charge on any atom is -0.495 e. The predicted octanol–water partition coefficient (Wildman–Crippen LogP) is 1.28. The normalized spacial score (nSPS) is 17.5. The molecule has 2 fully saturated rings. The molecule has 0 atom stereocenters. The van der Waals surface area contributed by atoms with Crippen LogP contribution in [0.3, 0.4) is 0 Å². The number of morpholine rings is 1. The van der Waals surface area contributed by atoms with E-state index in [1.807, 2.05) is 18.2 Å². The summed E-state index contributed by atoms with van der Waals surface area (Å²) in [5, 5.41) is 0. The van der Waals surface area contributed by atoms with Gasteiger partial charge in [-0.15, -0.1) is 0 Å². The Morgan fingerprint density at radius 1 is 0.964 bits per heavy atom. The van der Waals surface area contributed by atoms with E-state index in [4.69, 9.17) is 9.47 Å². The standard InChI is InChI=1S/C20H25N5O3/c1-27-18-5-3-2-4-17(18)23-6-8-24(9-7-23)19-15-21-16(14-22-19)20(26)25-10-12-28-13-11-25/h2-5,14-15H,6-13H2,1H3. The second-order valence-electron chi connectivity index (χ2n) is 6.81. The molecule has 4 rings (SSSR count). The summed E-state index contributed by atoms with van der Waals surface area (Å²) in [5.41, 5.74) is 1.50. The summed E-state index contributed by atoms with van der Waals surface area (Å²) in [7, 11) is 1.70. The molecule has 2 aliphatic heterocycles. The van der Waals surface area contributed by atoms with E-state index in [9.17, 15) is 4.79 Å². The number of anilines is 2. The molecule has 0 saturated carbocycles. The molecular formula is C20H25N5O3. The summed E-state index contributed by atoms with van der Waals surface area (Å²) in [5.74, 6) is 1.61. The average molecular weight is 383 g/mol. The first-order valence-electron chi connectivity index (χ1n) is 9.58. The van der Waals surface area contributed by atoms with E-state index in [-0.39, 0.29) is 5.91 Å². The number of amides is 1. The number of carbonyl (C=O) groups is 1. The van der Waals surface area contributed by atoms with Crippen molar-refractivity contribution in [3.05, 3.63) is 42.4 Å². The molecular weight excluding hydrogens is 358 g/mol. The molecule has 2 aromatic rings. The third-order valence-corrected chi connectivity index (χ3v) is 5.19. The number of piperazine rings is 1. The molecule has 148 valence electrons. The maximum absolute atomic E-state index is 12.5. The fourth-order valence-electron chi connectivity index (χ4n) is 3.59. The number of benzene rings is 1.